The third-order valence-corrected chi connectivity index (χ3v) is 5.36. The summed E-state index contributed by atoms with van der Waals surface area (Å²) in [5, 5.41) is 0. The predicted molar refractivity (Wildman–Crippen MR) is 81.6 cm³/mol. The number of benzene rings is 1. The zero-order chi connectivity index (χ0) is 16.1. The molecule has 1 aromatic rings. The normalized spacial score (nSPS) is 33.6. The van der Waals surface area contributed by atoms with Crippen molar-refractivity contribution in [1.82, 2.24) is 0 Å². The molecule has 1 saturated carbocycles. The summed E-state index contributed by atoms with van der Waals surface area (Å²) in [5.41, 5.74) is 0.398. The average molecular weight is 300 g/mol. The fraction of sp³-hybridized carbons (Fsp3) is 0.444. The number of Topliss-reactive ketones (excluding diaryl/α,β-unsaturated/α-hetero) is 1. The van der Waals surface area contributed by atoms with E-state index in [0.717, 1.165) is 11.3 Å². The number of ether oxygens (including phenoxy) is 2. The van der Waals surface area contributed by atoms with Gasteiger partial charge in [-0.05, 0) is 23.6 Å². The number of ketones is 2. The van der Waals surface area contributed by atoms with Crippen LogP contribution in [-0.4, -0.2) is 25.8 Å². The summed E-state index contributed by atoms with van der Waals surface area (Å²) >= 11 is 0. The number of hydrogen-bond acceptors (Lipinski definition) is 4. The van der Waals surface area contributed by atoms with Crippen molar-refractivity contribution in [3.8, 4) is 5.75 Å². The monoisotopic (exact) mass is 300 g/mol. The highest BCUT2D eigenvalue weighted by Gasteiger charge is 2.65. The van der Waals surface area contributed by atoms with E-state index in [-0.39, 0.29) is 35.1 Å². The summed E-state index contributed by atoms with van der Waals surface area (Å²) in [5.74, 6) is 0.738. The zero-order valence-corrected chi connectivity index (χ0v) is 13.3. The third kappa shape index (κ3) is 1.76. The van der Waals surface area contributed by atoms with E-state index < -0.39 is 5.41 Å². The van der Waals surface area contributed by atoms with Crippen LogP contribution in [0.1, 0.15) is 25.3 Å². The molecule has 4 heteroatoms. The quantitative estimate of drug-likeness (QED) is 0.861. The van der Waals surface area contributed by atoms with E-state index in [4.69, 9.17) is 9.47 Å². The van der Waals surface area contributed by atoms with Gasteiger partial charge in [0.2, 0.25) is 5.78 Å². The van der Waals surface area contributed by atoms with Gasteiger partial charge in [0, 0.05) is 23.3 Å². The molecule has 0 heterocycles. The molecule has 4 atom stereocenters. The fourth-order valence-electron chi connectivity index (χ4n) is 4.30. The van der Waals surface area contributed by atoms with E-state index in [2.05, 4.69) is 0 Å². The van der Waals surface area contributed by atoms with E-state index in [1.54, 1.807) is 7.11 Å². The Morgan fingerprint density at radius 3 is 2.18 bits per heavy atom. The first-order valence-electron chi connectivity index (χ1n) is 7.43. The molecule has 2 aliphatic carbocycles. The Kier molecular flexibility index (Phi) is 3.35. The number of hydrogen-bond donors (Lipinski definition) is 0. The Bertz CT molecular complexity index is 658. The molecule has 0 bridgehead atoms. The first-order valence-corrected chi connectivity index (χ1v) is 7.43. The minimum Gasteiger partial charge on any atom is -0.497 e. The Morgan fingerprint density at radius 1 is 1.00 bits per heavy atom. The van der Waals surface area contributed by atoms with Crippen LogP contribution in [0.25, 0.3) is 0 Å². The number of rotatable bonds is 3. The van der Waals surface area contributed by atoms with Gasteiger partial charge in [-0.1, -0.05) is 26.0 Å². The Labute approximate surface area is 130 Å². The molecule has 0 aromatic heterocycles. The second-order valence-corrected chi connectivity index (χ2v) is 6.31. The number of fused-ring (bicyclic) bond motifs is 1. The second kappa shape index (κ2) is 4.97. The van der Waals surface area contributed by atoms with Gasteiger partial charge in [0.15, 0.2) is 11.5 Å². The first-order chi connectivity index (χ1) is 10.4. The van der Waals surface area contributed by atoms with Crippen LogP contribution in [0.15, 0.2) is 36.1 Å². The Hall–Kier alpha value is -2.10. The van der Waals surface area contributed by atoms with Gasteiger partial charge in [-0.3, -0.25) is 9.59 Å². The maximum atomic E-state index is 12.6. The van der Waals surface area contributed by atoms with Crippen LogP contribution in [0.5, 0.6) is 5.75 Å². The number of methoxy groups -OCH3 is 2. The predicted octanol–water partition coefficient (Wildman–Crippen LogP) is 2.73. The second-order valence-electron chi connectivity index (χ2n) is 6.31. The molecule has 2 aliphatic rings. The van der Waals surface area contributed by atoms with Crippen molar-refractivity contribution in [3.63, 3.8) is 0 Å². The van der Waals surface area contributed by atoms with E-state index in [1.807, 2.05) is 38.1 Å². The van der Waals surface area contributed by atoms with Crippen molar-refractivity contribution >= 4 is 11.6 Å². The van der Waals surface area contributed by atoms with Crippen molar-refractivity contribution in [2.45, 2.75) is 19.8 Å². The minimum absolute atomic E-state index is 0.0205. The molecular weight excluding hydrogens is 280 g/mol. The lowest BCUT2D eigenvalue weighted by Gasteiger charge is -2.58. The lowest BCUT2D eigenvalue weighted by atomic mass is 9.42. The summed E-state index contributed by atoms with van der Waals surface area (Å²) in [6.07, 6.45) is 1.36. The van der Waals surface area contributed by atoms with Gasteiger partial charge in [0.05, 0.1) is 14.2 Å². The van der Waals surface area contributed by atoms with Gasteiger partial charge in [-0.25, -0.2) is 0 Å². The zero-order valence-electron chi connectivity index (χ0n) is 13.3. The van der Waals surface area contributed by atoms with E-state index in [1.165, 1.54) is 13.2 Å². The fourth-order valence-corrected chi connectivity index (χ4v) is 4.30. The van der Waals surface area contributed by atoms with Crippen LogP contribution >= 0.6 is 0 Å². The van der Waals surface area contributed by atoms with Crippen LogP contribution in [-0.2, 0) is 14.3 Å². The Morgan fingerprint density at radius 2 is 1.64 bits per heavy atom. The van der Waals surface area contributed by atoms with Crippen LogP contribution in [0.4, 0.5) is 0 Å². The number of carbonyl (C=O) groups excluding carboxylic acids is 2. The van der Waals surface area contributed by atoms with Crippen molar-refractivity contribution in [3.05, 3.63) is 41.7 Å². The molecule has 3 rings (SSSR count). The van der Waals surface area contributed by atoms with Crippen molar-refractivity contribution < 1.29 is 19.1 Å². The van der Waals surface area contributed by atoms with Crippen LogP contribution in [0.3, 0.4) is 0 Å². The van der Waals surface area contributed by atoms with Gasteiger partial charge < -0.3 is 9.47 Å². The standard InChI is InChI=1S/C18H20O4/c1-10-15(11-5-7-12(21-3)8-6-11)18(2)14(19)9-13(22-4)17(20)16(10)18/h5-10,15-16H,1-4H3/t10?,15-,16-,18-/m0/s1. The highest BCUT2D eigenvalue weighted by molar-refractivity contribution is 6.13. The van der Waals surface area contributed by atoms with Gasteiger partial charge in [0.25, 0.3) is 0 Å². The lowest BCUT2D eigenvalue weighted by molar-refractivity contribution is -0.158. The molecule has 4 nitrogen and oxygen atoms in total. The number of allylic oxidation sites excluding steroid dienone is 2. The van der Waals surface area contributed by atoms with Gasteiger partial charge in [0.1, 0.15) is 5.75 Å². The highest BCUT2D eigenvalue weighted by Crippen LogP contribution is 2.63. The maximum Gasteiger partial charge on any atom is 0.201 e. The smallest absolute Gasteiger partial charge is 0.201 e. The van der Waals surface area contributed by atoms with Gasteiger partial charge in [-0.2, -0.15) is 0 Å². The summed E-state index contributed by atoms with van der Waals surface area (Å²) in [4.78, 5) is 25.1. The Balaban J connectivity index is 2.00. The molecule has 1 fully saturated rings. The van der Waals surface area contributed by atoms with Crippen molar-refractivity contribution in [1.29, 1.82) is 0 Å². The molecule has 0 N–H and O–H groups in total. The SMILES string of the molecule is COC1=CC(=O)[C@]2(C)[C@H](C1=O)C(C)[C@H]2c1ccc(OC)cc1. The summed E-state index contributed by atoms with van der Waals surface area (Å²) in [6.45, 7) is 3.93. The molecule has 0 aliphatic heterocycles. The molecule has 0 saturated heterocycles. The molecule has 116 valence electrons. The average Bonchev–Trinajstić information content (AvgIpc) is 2.51. The van der Waals surface area contributed by atoms with Gasteiger partial charge >= 0.3 is 0 Å². The van der Waals surface area contributed by atoms with Crippen molar-refractivity contribution in [2.24, 2.45) is 17.3 Å². The largest absolute Gasteiger partial charge is 0.497 e. The summed E-state index contributed by atoms with van der Waals surface area (Å²) in [6, 6.07) is 7.75. The maximum absolute atomic E-state index is 12.6. The summed E-state index contributed by atoms with van der Waals surface area (Å²) in [7, 11) is 3.06. The van der Waals surface area contributed by atoms with Crippen LogP contribution in [0, 0.1) is 17.3 Å². The van der Waals surface area contributed by atoms with Crippen molar-refractivity contribution in [2.75, 3.05) is 14.2 Å². The minimum atomic E-state index is -0.673. The molecule has 0 radical (unpaired) electrons. The van der Waals surface area contributed by atoms with E-state index in [9.17, 15) is 9.59 Å². The van der Waals surface area contributed by atoms with Crippen LogP contribution in [0.2, 0.25) is 0 Å². The molecule has 1 unspecified atom stereocenters. The number of carbonyl (C=O) groups is 2. The molecule has 22 heavy (non-hydrogen) atoms. The van der Waals surface area contributed by atoms with Crippen LogP contribution < -0.4 is 4.74 Å². The molecular formula is C18H20O4. The molecule has 0 amide bonds. The van der Waals surface area contributed by atoms with E-state index in [0.29, 0.717) is 0 Å². The topological polar surface area (TPSA) is 52.6 Å². The molecule has 1 aromatic carbocycles. The third-order valence-electron chi connectivity index (χ3n) is 5.36. The lowest BCUT2D eigenvalue weighted by Crippen LogP contribution is -2.61. The highest BCUT2D eigenvalue weighted by atomic mass is 16.5. The summed E-state index contributed by atoms with van der Waals surface area (Å²) < 4.78 is 10.2. The molecule has 0 spiro atoms. The first kappa shape index (κ1) is 14.8. The van der Waals surface area contributed by atoms with E-state index >= 15 is 0 Å². The van der Waals surface area contributed by atoms with Gasteiger partial charge in [-0.15, -0.1) is 0 Å².